The monoisotopic (exact) mass is 222 g/mol. The molecule has 1 amide bonds. The van der Waals surface area contributed by atoms with Crippen LogP contribution in [-0.4, -0.2) is 22.2 Å². The number of rotatable bonds is 2. The molecule has 0 aliphatic rings. The fourth-order valence-corrected chi connectivity index (χ4v) is 1.41. The Balaban J connectivity index is 2.24. The van der Waals surface area contributed by atoms with Crippen LogP contribution in [-0.2, 0) is 6.54 Å². The highest BCUT2D eigenvalue weighted by Gasteiger charge is 2.05. The van der Waals surface area contributed by atoms with E-state index in [9.17, 15) is 4.79 Å². The van der Waals surface area contributed by atoms with Crippen LogP contribution in [0.2, 0.25) is 0 Å². The first-order valence-electron chi connectivity index (χ1n) is 4.43. The Morgan fingerprint density at radius 3 is 3.13 bits per heavy atom. The quantitative estimate of drug-likeness (QED) is 0.793. The van der Waals surface area contributed by atoms with E-state index in [1.807, 2.05) is 18.2 Å². The molecular formula is C10H10N2O2S. The lowest BCUT2D eigenvalue weighted by Crippen LogP contribution is -2.19. The molecule has 0 aliphatic heterocycles. The van der Waals surface area contributed by atoms with Gasteiger partial charge in [-0.2, -0.15) is 0 Å². The number of nitrogens with zero attached hydrogens (tertiary/aromatic N) is 2. The predicted molar refractivity (Wildman–Crippen MR) is 59.9 cm³/mol. The fraction of sp³-hybridized carbons (Fsp3) is 0.200. The normalized spacial score (nSPS) is 10.5. The summed E-state index contributed by atoms with van der Waals surface area (Å²) in [5.41, 5.74) is 2.54. The lowest BCUT2D eigenvalue weighted by Gasteiger charge is -2.13. The zero-order chi connectivity index (χ0) is 10.8. The number of hydrogen-bond acceptors (Lipinski definition) is 3. The number of carbonyl (C=O) groups is 1. The third kappa shape index (κ3) is 2.12. The molecule has 4 nitrogen and oxygen atoms in total. The lowest BCUT2D eigenvalue weighted by molar-refractivity contribution is 0.232. The van der Waals surface area contributed by atoms with E-state index in [4.69, 9.17) is 4.42 Å². The van der Waals surface area contributed by atoms with Gasteiger partial charge in [0.05, 0.1) is 0 Å². The van der Waals surface area contributed by atoms with E-state index < -0.39 is 0 Å². The highest BCUT2D eigenvalue weighted by atomic mass is 32.1. The molecule has 0 aliphatic carbocycles. The molecule has 2 rings (SSSR count). The molecule has 0 bridgehead atoms. The van der Waals surface area contributed by atoms with Gasteiger partial charge in [0.2, 0.25) is 0 Å². The van der Waals surface area contributed by atoms with E-state index in [0.29, 0.717) is 6.54 Å². The van der Waals surface area contributed by atoms with Crippen LogP contribution in [0, 0.1) is 0 Å². The van der Waals surface area contributed by atoms with Gasteiger partial charge in [-0.05, 0) is 17.7 Å². The third-order valence-corrected chi connectivity index (χ3v) is 2.48. The van der Waals surface area contributed by atoms with E-state index in [0.717, 1.165) is 16.7 Å². The molecule has 0 fully saturated rings. The van der Waals surface area contributed by atoms with Crippen molar-refractivity contribution in [3.63, 3.8) is 0 Å². The van der Waals surface area contributed by atoms with Gasteiger partial charge in [0.25, 0.3) is 5.24 Å². The average molecular weight is 222 g/mol. The van der Waals surface area contributed by atoms with Crippen LogP contribution >= 0.6 is 12.6 Å². The Hall–Kier alpha value is -1.49. The van der Waals surface area contributed by atoms with Crippen molar-refractivity contribution in [3.8, 4) is 0 Å². The minimum Gasteiger partial charge on any atom is -0.443 e. The van der Waals surface area contributed by atoms with Crippen molar-refractivity contribution in [2.75, 3.05) is 7.05 Å². The van der Waals surface area contributed by atoms with Crippen molar-refractivity contribution >= 4 is 29.0 Å². The third-order valence-electron chi connectivity index (χ3n) is 2.14. The lowest BCUT2D eigenvalue weighted by atomic mass is 10.2. The first kappa shape index (κ1) is 10.0. The van der Waals surface area contributed by atoms with Gasteiger partial charge in [-0.1, -0.05) is 18.7 Å². The number of amides is 1. The van der Waals surface area contributed by atoms with E-state index >= 15 is 0 Å². The Labute approximate surface area is 92.3 Å². The Bertz CT molecular complexity index is 495. The maximum Gasteiger partial charge on any atom is 0.278 e. The topological polar surface area (TPSA) is 46.3 Å². The second kappa shape index (κ2) is 3.94. The molecule has 1 heterocycles. The largest absolute Gasteiger partial charge is 0.443 e. The number of benzene rings is 1. The minimum atomic E-state index is -0.257. The first-order valence-corrected chi connectivity index (χ1v) is 4.88. The smallest absolute Gasteiger partial charge is 0.278 e. The molecule has 1 aromatic carbocycles. The van der Waals surface area contributed by atoms with Crippen LogP contribution in [0.4, 0.5) is 4.79 Å². The molecule has 1 aromatic heterocycles. The van der Waals surface area contributed by atoms with Gasteiger partial charge < -0.3 is 9.32 Å². The van der Waals surface area contributed by atoms with Gasteiger partial charge >= 0.3 is 0 Å². The van der Waals surface area contributed by atoms with Gasteiger partial charge in [0.15, 0.2) is 12.0 Å². The zero-order valence-corrected chi connectivity index (χ0v) is 9.07. The molecule has 2 aromatic rings. The Morgan fingerprint density at radius 2 is 2.40 bits per heavy atom. The number of carbonyl (C=O) groups excluding carboxylic acids is 1. The molecular weight excluding hydrogens is 212 g/mol. The second-order valence-corrected chi connectivity index (χ2v) is 3.68. The number of hydrogen-bond donors (Lipinski definition) is 1. The molecule has 0 saturated heterocycles. The van der Waals surface area contributed by atoms with Crippen LogP contribution in [0.1, 0.15) is 5.56 Å². The summed E-state index contributed by atoms with van der Waals surface area (Å²) in [6.07, 6.45) is 1.40. The van der Waals surface area contributed by atoms with Crippen molar-refractivity contribution in [1.82, 2.24) is 9.88 Å². The standard InChI is InChI=1S/C10H10N2O2S/c1-12(10(13)15)5-7-2-3-8-9(4-7)14-6-11-8/h2-4,6H,5H2,1H3,(H,13,15). The summed E-state index contributed by atoms with van der Waals surface area (Å²) in [6, 6.07) is 5.65. The van der Waals surface area contributed by atoms with Crippen LogP contribution in [0.5, 0.6) is 0 Å². The van der Waals surface area contributed by atoms with Gasteiger partial charge in [-0.25, -0.2) is 4.98 Å². The summed E-state index contributed by atoms with van der Waals surface area (Å²) in [4.78, 5) is 16.4. The highest BCUT2D eigenvalue weighted by Crippen LogP contribution is 2.15. The van der Waals surface area contributed by atoms with Gasteiger partial charge in [-0.15, -0.1) is 0 Å². The minimum absolute atomic E-state index is 0.257. The predicted octanol–water partition coefficient (Wildman–Crippen LogP) is 2.31. The molecule has 0 atom stereocenters. The van der Waals surface area contributed by atoms with Crippen molar-refractivity contribution in [2.24, 2.45) is 0 Å². The summed E-state index contributed by atoms with van der Waals surface area (Å²) in [7, 11) is 1.69. The summed E-state index contributed by atoms with van der Waals surface area (Å²) >= 11 is 3.74. The number of thiol groups is 1. The molecule has 0 saturated carbocycles. The maximum atomic E-state index is 10.9. The van der Waals surface area contributed by atoms with Gasteiger partial charge in [0, 0.05) is 13.6 Å². The summed E-state index contributed by atoms with van der Waals surface area (Å²) < 4.78 is 5.17. The van der Waals surface area contributed by atoms with E-state index in [1.54, 1.807) is 7.05 Å². The molecule has 15 heavy (non-hydrogen) atoms. The molecule has 0 spiro atoms. The Morgan fingerprint density at radius 1 is 1.60 bits per heavy atom. The summed E-state index contributed by atoms with van der Waals surface area (Å²) in [5, 5.41) is -0.257. The number of oxazole rings is 1. The van der Waals surface area contributed by atoms with Gasteiger partial charge in [-0.3, -0.25) is 4.79 Å². The first-order chi connectivity index (χ1) is 7.16. The summed E-state index contributed by atoms with van der Waals surface area (Å²) in [5.74, 6) is 0. The van der Waals surface area contributed by atoms with Crippen molar-refractivity contribution in [2.45, 2.75) is 6.54 Å². The van der Waals surface area contributed by atoms with Crippen LogP contribution < -0.4 is 0 Å². The van der Waals surface area contributed by atoms with Crippen molar-refractivity contribution < 1.29 is 9.21 Å². The average Bonchev–Trinajstić information content (AvgIpc) is 2.64. The van der Waals surface area contributed by atoms with Crippen LogP contribution in [0.15, 0.2) is 29.0 Å². The molecule has 0 N–H and O–H groups in total. The van der Waals surface area contributed by atoms with Gasteiger partial charge in [0.1, 0.15) is 5.52 Å². The zero-order valence-electron chi connectivity index (χ0n) is 8.17. The number of aromatic nitrogens is 1. The van der Waals surface area contributed by atoms with Crippen LogP contribution in [0.3, 0.4) is 0 Å². The van der Waals surface area contributed by atoms with E-state index in [1.165, 1.54) is 11.3 Å². The second-order valence-electron chi connectivity index (χ2n) is 3.29. The van der Waals surface area contributed by atoms with Crippen LogP contribution in [0.25, 0.3) is 11.1 Å². The van der Waals surface area contributed by atoms with Crippen molar-refractivity contribution in [1.29, 1.82) is 0 Å². The Kier molecular flexibility index (Phi) is 2.64. The SMILES string of the molecule is CN(Cc1ccc2ncoc2c1)C(=O)S. The fourth-order valence-electron chi connectivity index (χ4n) is 1.34. The molecule has 78 valence electrons. The van der Waals surface area contributed by atoms with E-state index in [-0.39, 0.29) is 5.24 Å². The molecule has 0 unspecified atom stereocenters. The maximum absolute atomic E-state index is 10.9. The number of fused-ring (bicyclic) bond motifs is 1. The van der Waals surface area contributed by atoms with Crippen molar-refractivity contribution in [3.05, 3.63) is 30.2 Å². The highest BCUT2D eigenvalue weighted by molar-refractivity contribution is 7.96. The van der Waals surface area contributed by atoms with E-state index in [2.05, 4.69) is 17.6 Å². The molecule has 5 heteroatoms. The molecule has 0 radical (unpaired) electrons. The summed E-state index contributed by atoms with van der Waals surface area (Å²) in [6.45, 7) is 0.513.